The molecule has 1 aromatic heterocycles. The van der Waals surface area contributed by atoms with Gasteiger partial charge in [-0.25, -0.2) is 4.98 Å². The zero-order chi connectivity index (χ0) is 19.2. The number of benzene rings is 1. The SMILES string of the molecule is CSc1ccc(NC(=O)C2CCNCC2)c(C(=O)Nc2ccc(Cl)cn2)c1. The smallest absolute Gasteiger partial charge is 0.258 e. The van der Waals surface area contributed by atoms with E-state index in [1.807, 2.05) is 12.3 Å². The van der Waals surface area contributed by atoms with E-state index in [1.54, 1.807) is 24.3 Å². The second kappa shape index (κ2) is 9.21. The Kier molecular flexibility index (Phi) is 6.71. The summed E-state index contributed by atoms with van der Waals surface area (Å²) >= 11 is 7.36. The lowest BCUT2D eigenvalue weighted by Gasteiger charge is -2.22. The molecule has 0 bridgehead atoms. The molecule has 142 valence electrons. The number of pyridine rings is 1. The molecule has 8 heteroatoms. The van der Waals surface area contributed by atoms with Gasteiger partial charge in [-0.15, -0.1) is 11.8 Å². The number of hydrogen-bond donors (Lipinski definition) is 3. The molecule has 0 spiro atoms. The van der Waals surface area contributed by atoms with E-state index < -0.39 is 0 Å². The lowest BCUT2D eigenvalue weighted by molar-refractivity contribution is -0.120. The fourth-order valence-electron chi connectivity index (χ4n) is 2.90. The fourth-order valence-corrected chi connectivity index (χ4v) is 3.45. The van der Waals surface area contributed by atoms with Crippen molar-refractivity contribution in [2.24, 2.45) is 5.92 Å². The normalized spacial score (nSPS) is 14.6. The van der Waals surface area contributed by atoms with Gasteiger partial charge < -0.3 is 16.0 Å². The summed E-state index contributed by atoms with van der Waals surface area (Å²) in [4.78, 5) is 30.4. The van der Waals surface area contributed by atoms with Crippen molar-refractivity contribution in [1.82, 2.24) is 10.3 Å². The Morgan fingerprint density at radius 2 is 1.96 bits per heavy atom. The number of carbonyl (C=O) groups excluding carboxylic acids is 2. The zero-order valence-corrected chi connectivity index (χ0v) is 16.5. The van der Waals surface area contributed by atoms with Crippen molar-refractivity contribution < 1.29 is 9.59 Å². The first kappa shape index (κ1) is 19.7. The summed E-state index contributed by atoms with van der Waals surface area (Å²) in [5.41, 5.74) is 0.906. The minimum absolute atomic E-state index is 0.0414. The second-order valence-electron chi connectivity index (χ2n) is 6.24. The van der Waals surface area contributed by atoms with Crippen LogP contribution in [0.1, 0.15) is 23.2 Å². The molecule has 1 aromatic carbocycles. The van der Waals surface area contributed by atoms with Gasteiger partial charge in [-0.05, 0) is 62.5 Å². The number of thioether (sulfide) groups is 1. The molecule has 27 heavy (non-hydrogen) atoms. The van der Waals surface area contributed by atoms with Crippen LogP contribution in [0.15, 0.2) is 41.4 Å². The van der Waals surface area contributed by atoms with Crippen molar-refractivity contribution in [2.75, 3.05) is 30.0 Å². The van der Waals surface area contributed by atoms with Gasteiger partial charge >= 0.3 is 0 Å². The minimum Gasteiger partial charge on any atom is -0.325 e. The van der Waals surface area contributed by atoms with Crippen LogP contribution in [0.3, 0.4) is 0 Å². The number of nitrogens with zero attached hydrogens (tertiary/aromatic N) is 1. The molecule has 0 aliphatic carbocycles. The van der Waals surface area contributed by atoms with E-state index >= 15 is 0 Å². The van der Waals surface area contributed by atoms with Crippen LogP contribution in [-0.4, -0.2) is 36.1 Å². The highest BCUT2D eigenvalue weighted by molar-refractivity contribution is 7.98. The van der Waals surface area contributed by atoms with Gasteiger partial charge in [0.15, 0.2) is 0 Å². The Labute approximate surface area is 167 Å². The first-order valence-electron chi connectivity index (χ1n) is 8.69. The molecule has 0 saturated carbocycles. The maximum atomic E-state index is 12.8. The highest BCUT2D eigenvalue weighted by Gasteiger charge is 2.23. The van der Waals surface area contributed by atoms with Gasteiger partial charge in [0.1, 0.15) is 5.82 Å². The fraction of sp³-hybridized carbons (Fsp3) is 0.316. The van der Waals surface area contributed by atoms with Gasteiger partial charge in [-0.1, -0.05) is 11.6 Å². The first-order chi connectivity index (χ1) is 13.1. The lowest BCUT2D eigenvalue weighted by Crippen LogP contribution is -2.35. The van der Waals surface area contributed by atoms with Crippen LogP contribution in [0.25, 0.3) is 0 Å². The van der Waals surface area contributed by atoms with E-state index in [1.165, 1.54) is 18.0 Å². The molecule has 1 saturated heterocycles. The summed E-state index contributed by atoms with van der Waals surface area (Å²) < 4.78 is 0. The number of halogens is 1. The third-order valence-corrected chi connectivity index (χ3v) is 5.36. The van der Waals surface area contributed by atoms with Crippen molar-refractivity contribution in [3.05, 3.63) is 47.1 Å². The van der Waals surface area contributed by atoms with Crippen molar-refractivity contribution in [1.29, 1.82) is 0 Å². The van der Waals surface area contributed by atoms with Crippen molar-refractivity contribution in [2.45, 2.75) is 17.7 Å². The van der Waals surface area contributed by atoms with E-state index in [9.17, 15) is 9.59 Å². The third kappa shape index (κ3) is 5.22. The van der Waals surface area contributed by atoms with Crippen molar-refractivity contribution in [3.8, 4) is 0 Å². The Bertz CT molecular complexity index is 823. The highest BCUT2D eigenvalue weighted by atomic mass is 35.5. The molecule has 0 unspecified atom stereocenters. The van der Waals surface area contributed by atoms with Crippen LogP contribution < -0.4 is 16.0 Å². The topological polar surface area (TPSA) is 83.1 Å². The van der Waals surface area contributed by atoms with Gasteiger partial charge in [-0.3, -0.25) is 9.59 Å². The first-order valence-corrected chi connectivity index (χ1v) is 10.3. The van der Waals surface area contributed by atoms with Gasteiger partial charge in [0.2, 0.25) is 5.91 Å². The Morgan fingerprint density at radius 3 is 2.63 bits per heavy atom. The van der Waals surface area contributed by atoms with Crippen LogP contribution in [0, 0.1) is 5.92 Å². The number of piperidine rings is 1. The average Bonchev–Trinajstić information content (AvgIpc) is 2.70. The van der Waals surface area contributed by atoms with Crippen LogP contribution in [0.5, 0.6) is 0 Å². The molecule has 0 radical (unpaired) electrons. The molecule has 3 rings (SSSR count). The Balaban J connectivity index is 1.80. The predicted molar refractivity (Wildman–Crippen MR) is 110 cm³/mol. The molecule has 6 nitrogen and oxygen atoms in total. The van der Waals surface area contributed by atoms with Crippen LogP contribution in [0.4, 0.5) is 11.5 Å². The molecule has 1 fully saturated rings. The number of amides is 2. The number of rotatable bonds is 5. The number of carbonyl (C=O) groups is 2. The molecular formula is C19H21ClN4O2S. The van der Waals surface area contributed by atoms with E-state index in [0.29, 0.717) is 22.1 Å². The molecule has 3 N–H and O–H groups in total. The van der Waals surface area contributed by atoms with E-state index in [-0.39, 0.29) is 17.7 Å². The van der Waals surface area contributed by atoms with Gasteiger partial charge in [-0.2, -0.15) is 0 Å². The summed E-state index contributed by atoms with van der Waals surface area (Å²) in [6, 6.07) is 8.72. The van der Waals surface area contributed by atoms with Gasteiger partial charge in [0.05, 0.1) is 16.3 Å². The maximum Gasteiger partial charge on any atom is 0.258 e. The maximum absolute atomic E-state index is 12.8. The highest BCUT2D eigenvalue weighted by Crippen LogP contribution is 2.25. The molecule has 2 amide bonds. The second-order valence-corrected chi connectivity index (χ2v) is 7.56. The number of hydrogen-bond acceptors (Lipinski definition) is 5. The summed E-state index contributed by atoms with van der Waals surface area (Å²) in [5, 5.41) is 9.42. The van der Waals surface area contributed by atoms with Crippen LogP contribution in [0.2, 0.25) is 5.02 Å². The van der Waals surface area contributed by atoms with E-state index in [0.717, 1.165) is 30.8 Å². The Morgan fingerprint density at radius 1 is 1.19 bits per heavy atom. The largest absolute Gasteiger partial charge is 0.325 e. The van der Waals surface area contributed by atoms with Crippen molar-refractivity contribution in [3.63, 3.8) is 0 Å². The summed E-state index contributed by atoms with van der Waals surface area (Å²) in [5.74, 6) is -0.0247. The quantitative estimate of drug-likeness (QED) is 0.662. The summed E-state index contributed by atoms with van der Waals surface area (Å²) in [6.07, 6.45) is 5.00. The number of nitrogens with one attached hydrogen (secondary N) is 3. The Hall–Kier alpha value is -2.09. The van der Waals surface area contributed by atoms with Gasteiger partial charge in [0.25, 0.3) is 5.91 Å². The molecule has 2 aromatic rings. The third-order valence-electron chi connectivity index (χ3n) is 4.41. The molecule has 1 aliphatic rings. The molecule has 0 atom stereocenters. The zero-order valence-electron chi connectivity index (χ0n) is 14.9. The minimum atomic E-state index is -0.332. The van der Waals surface area contributed by atoms with E-state index in [4.69, 9.17) is 11.6 Å². The predicted octanol–water partition coefficient (Wildman–Crippen LogP) is 3.65. The standard InChI is InChI=1S/C19H21ClN4O2S/c1-27-14-3-4-16(23-18(25)12-6-8-21-9-7-12)15(10-14)19(26)24-17-5-2-13(20)11-22-17/h2-5,10-12,21H,6-9H2,1H3,(H,23,25)(H,22,24,26). The van der Waals surface area contributed by atoms with Crippen molar-refractivity contribution >= 4 is 46.7 Å². The monoisotopic (exact) mass is 404 g/mol. The molecular weight excluding hydrogens is 384 g/mol. The van der Waals surface area contributed by atoms with Crippen LogP contribution >= 0.6 is 23.4 Å². The molecule has 2 heterocycles. The lowest BCUT2D eigenvalue weighted by atomic mass is 9.97. The number of aromatic nitrogens is 1. The molecule has 1 aliphatic heterocycles. The number of anilines is 2. The van der Waals surface area contributed by atoms with E-state index in [2.05, 4.69) is 20.9 Å². The average molecular weight is 405 g/mol. The summed E-state index contributed by atoms with van der Waals surface area (Å²) in [6.45, 7) is 1.66. The van der Waals surface area contributed by atoms with Gasteiger partial charge in [0, 0.05) is 17.0 Å². The summed E-state index contributed by atoms with van der Waals surface area (Å²) in [7, 11) is 0. The van der Waals surface area contributed by atoms with Crippen LogP contribution in [-0.2, 0) is 4.79 Å².